The first kappa shape index (κ1) is 20.5. The van der Waals surface area contributed by atoms with Crippen LogP contribution < -0.4 is 5.32 Å². The standard InChI is InChI=1S/C21H12BrCl2FN4O/c22-13-3-8-16(9-4-13)29-20(12-1-5-14(25)6-2-12)27-19(28-29)21(30)26-15-7-10-17(23)18(24)11-15/h1-11H,(H,26,30). The maximum Gasteiger partial charge on any atom is 0.295 e. The van der Waals surface area contributed by atoms with E-state index in [-0.39, 0.29) is 11.6 Å². The summed E-state index contributed by atoms with van der Waals surface area (Å²) in [5, 5.41) is 7.77. The summed E-state index contributed by atoms with van der Waals surface area (Å²) in [6, 6.07) is 17.9. The van der Waals surface area contributed by atoms with E-state index in [2.05, 4.69) is 31.3 Å². The van der Waals surface area contributed by atoms with Crippen LogP contribution in [0, 0.1) is 5.82 Å². The zero-order valence-electron chi connectivity index (χ0n) is 15.1. The second-order valence-electron chi connectivity index (χ2n) is 6.24. The SMILES string of the molecule is O=C(Nc1ccc(Cl)c(Cl)c1)c1nc(-c2ccc(F)cc2)n(-c2ccc(Br)cc2)n1. The summed E-state index contributed by atoms with van der Waals surface area (Å²) in [5.74, 6) is -0.543. The maximum absolute atomic E-state index is 13.4. The van der Waals surface area contributed by atoms with Crippen LogP contribution in [0.1, 0.15) is 10.6 Å². The molecular formula is C21H12BrCl2FN4O. The molecule has 1 N–H and O–H groups in total. The molecule has 5 nitrogen and oxygen atoms in total. The van der Waals surface area contributed by atoms with Gasteiger partial charge < -0.3 is 5.32 Å². The van der Waals surface area contributed by atoms with Crippen LogP contribution in [0.4, 0.5) is 10.1 Å². The second kappa shape index (κ2) is 8.55. The number of anilines is 1. The van der Waals surface area contributed by atoms with Crippen LogP contribution in [0.15, 0.2) is 71.2 Å². The predicted octanol–water partition coefficient (Wildman–Crippen LogP) is 6.40. The summed E-state index contributed by atoms with van der Waals surface area (Å²) >= 11 is 15.3. The fourth-order valence-corrected chi connectivity index (χ4v) is 3.28. The molecular weight excluding hydrogens is 494 g/mol. The molecule has 0 radical (unpaired) electrons. The molecule has 1 aromatic heterocycles. The van der Waals surface area contributed by atoms with Gasteiger partial charge >= 0.3 is 0 Å². The van der Waals surface area contributed by atoms with Crippen molar-refractivity contribution in [2.24, 2.45) is 0 Å². The number of halogens is 4. The Morgan fingerprint density at radius 1 is 0.967 bits per heavy atom. The maximum atomic E-state index is 13.4. The minimum Gasteiger partial charge on any atom is -0.319 e. The summed E-state index contributed by atoms with van der Waals surface area (Å²) in [7, 11) is 0. The first-order valence-electron chi connectivity index (χ1n) is 8.66. The number of amides is 1. The molecule has 0 atom stereocenters. The molecule has 1 heterocycles. The normalized spacial score (nSPS) is 10.8. The van der Waals surface area contributed by atoms with Crippen molar-refractivity contribution in [3.05, 3.63) is 92.9 Å². The van der Waals surface area contributed by atoms with Crippen molar-refractivity contribution >= 4 is 50.7 Å². The third-order valence-electron chi connectivity index (χ3n) is 4.16. The van der Waals surface area contributed by atoms with Crippen LogP contribution in [-0.2, 0) is 0 Å². The lowest BCUT2D eigenvalue weighted by Gasteiger charge is -2.06. The fourth-order valence-electron chi connectivity index (χ4n) is 2.72. The summed E-state index contributed by atoms with van der Waals surface area (Å²) in [5.41, 5.74) is 1.76. The number of benzene rings is 3. The Bertz CT molecular complexity index is 1160. The van der Waals surface area contributed by atoms with E-state index >= 15 is 0 Å². The van der Waals surface area contributed by atoms with E-state index in [1.165, 1.54) is 22.9 Å². The van der Waals surface area contributed by atoms with Gasteiger partial charge in [0.2, 0.25) is 5.82 Å². The first-order chi connectivity index (χ1) is 14.4. The van der Waals surface area contributed by atoms with Gasteiger partial charge in [0.1, 0.15) is 5.82 Å². The number of nitrogens with one attached hydrogen (secondary N) is 1. The van der Waals surface area contributed by atoms with E-state index in [9.17, 15) is 9.18 Å². The number of carbonyl (C=O) groups is 1. The van der Waals surface area contributed by atoms with Crippen molar-refractivity contribution in [3.63, 3.8) is 0 Å². The number of carbonyl (C=O) groups excluding carboxylic acids is 1. The molecule has 0 aliphatic heterocycles. The Labute approximate surface area is 189 Å². The van der Waals surface area contributed by atoms with Crippen molar-refractivity contribution in [1.29, 1.82) is 0 Å². The molecule has 9 heteroatoms. The number of hydrogen-bond donors (Lipinski definition) is 1. The molecule has 0 unspecified atom stereocenters. The summed E-state index contributed by atoms with van der Waals surface area (Å²) in [6.07, 6.45) is 0. The molecule has 0 saturated heterocycles. The highest BCUT2D eigenvalue weighted by Gasteiger charge is 2.19. The van der Waals surface area contributed by atoms with Crippen LogP contribution in [0.25, 0.3) is 17.1 Å². The Kier molecular flexibility index (Phi) is 5.85. The van der Waals surface area contributed by atoms with Gasteiger partial charge in [-0.25, -0.2) is 14.1 Å². The van der Waals surface area contributed by atoms with E-state index in [1.54, 1.807) is 24.3 Å². The average Bonchev–Trinajstić information content (AvgIpc) is 3.17. The minimum absolute atomic E-state index is 0.0525. The molecule has 4 rings (SSSR count). The Morgan fingerprint density at radius 2 is 1.67 bits per heavy atom. The smallest absolute Gasteiger partial charge is 0.295 e. The Morgan fingerprint density at radius 3 is 2.33 bits per heavy atom. The van der Waals surface area contributed by atoms with Crippen LogP contribution in [-0.4, -0.2) is 20.7 Å². The van der Waals surface area contributed by atoms with Crippen molar-refractivity contribution in [2.45, 2.75) is 0 Å². The van der Waals surface area contributed by atoms with Crippen molar-refractivity contribution in [2.75, 3.05) is 5.32 Å². The van der Waals surface area contributed by atoms with Gasteiger partial charge in [-0.1, -0.05) is 39.1 Å². The molecule has 4 aromatic rings. The summed E-state index contributed by atoms with van der Waals surface area (Å²) in [4.78, 5) is 17.1. The predicted molar refractivity (Wildman–Crippen MR) is 119 cm³/mol. The third kappa shape index (κ3) is 4.38. The molecule has 0 saturated carbocycles. The molecule has 3 aromatic carbocycles. The van der Waals surface area contributed by atoms with E-state index in [1.807, 2.05) is 24.3 Å². The zero-order valence-corrected chi connectivity index (χ0v) is 18.2. The Balaban J connectivity index is 1.74. The molecule has 1 amide bonds. The van der Waals surface area contributed by atoms with Gasteiger partial charge in [-0.15, -0.1) is 5.10 Å². The van der Waals surface area contributed by atoms with Gasteiger partial charge in [-0.2, -0.15) is 0 Å². The molecule has 150 valence electrons. The fraction of sp³-hybridized carbons (Fsp3) is 0. The number of rotatable bonds is 4. The van der Waals surface area contributed by atoms with Crippen molar-refractivity contribution in [3.8, 4) is 17.1 Å². The minimum atomic E-state index is -0.521. The lowest BCUT2D eigenvalue weighted by atomic mass is 10.2. The van der Waals surface area contributed by atoms with Gasteiger partial charge in [0, 0.05) is 15.7 Å². The summed E-state index contributed by atoms with van der Waals surface area (Å²) < 4.78 is 15.8. The van der Waals surface area contributed by atoms with E-state index < -0.39 is 5.91 Å². The molecule has 0 aliphatic rings. The van der Waals surface area contributed by atoms with Gasteiger partial charge in [-0.05, 0) is 66.7 Å². The number of hydrogen-bond acceptors (Lipinski definition) is 3. The Hall–Kier alpha value is -2.74. The van der Waals surface area contributed by atoms with Gasteiger partial charge in [0.05, 0.1) is 15.7 Å². The highest BCUT2D eigenvalue weighted by atomic mass is 79.9. The molecule has 0 aliphatic carbocycles. The molecule has 0 fully saturated rings. The van der Waals surface area contributed by atoms with Gasteiger partial charge in [-0.3, -0.25) is 4.79 Å². The van der Waals surface area contributed by atoms with E-state index in [0.29, 0.717) is 32.8 Å². The molecule has 30 heavy (non-hydrogen) atoms. The third-order valence-corrected chi connectivity index (χ3v) is 5.43. The monoisotopic (exact) mass is 504 g/mol. The van der Waals surface area contributed by atoms with E-state index in [4.69, 9.17) is 23.2 Å². The number of nitrogens with zero attached hydrogens (tertiary/aromatic N) is 3. The van der Waals surface area contributed by atoms with Crippen LogP contribution >= 0.6 is 39.1 Å². The van der Waals surface area contributed by atoms with Crippen molar-refractivity contribution < 1.29 is 9.18 Å². The molecule has 0 spiro atoms. The highest BCUT2D eigenvalue weighted by Crippen LogP contribution is 2.26. The van der Waals surface area contributed by atoms with Crippen LogP contribution in [0.5, 0.6) is 0 Å². The summed E-state index contributed by atoms with van der Waals surface area (Å²) in [6.45, 7) is 0. The van der Waals surface area contributed by atoms with E-state index in [0.717, 1.165) is 4.47 Å². The van der Waals surface area contributed by atoms with Crippen LogP contribution in [0.2, 0.25) is 10.0 Å². The zero-order chi connectivity index (χ0) is 21.3. The highest BCUT2D eigenvalue weighted by molar-refractivity contribution is 9.10. The topological polar surface area (TPSA) is 59.8 Å². The van der Waals surface area contributed by atoms with Gasteiger partial charge in [0.15, 0.2) is 5.82 Å². The lowest BCUT2D eigenvalue weighted by Crippen LogP contribution is -2.14. The van der Waals surface area contributed by atoms with Crippen LogP contribution in [0.3, 0.4) is 0 Å². The second-order valence-corrected chi connectivity index (χ2v) is 7.97. The quantitative estimate of drug-likeness (QED) is 0.349. The first-order valence-corrected chi connectivity index (χ1v) is 10.2. The lowest BCUT2D eigenvalue weighted by molar-refractivity contribution is 0.101. The average molecular weight is 506 g/mol. The molecule has 0 bridgehead atoms. The number of aromatic nitrogens is 3. The largest absolute Gasteiger partial charge is 0.319 e. The van der Waals surface area contributed by atoms with Gasteiger partial charge in [0.25, 0.3) is 5.91 Å². The van der Waals surface area contributed by atoms with Crippen molar-refractivity contribution in [1.82, 2.24) is 14.8 Å².